The summed E-state index contributed by atoms with van der Waals surface area (Å²) in [6.07, 6.45) is 5.59. The van der Waals surface area contributed by atoms with Crippen molar-refractivity contribution in [2.24, 2.45) is 0 Å². The molecular weight excluding hydrogens is 184 g/mol. The average molecular weight is 206 g/mol. The number of nitrogens with zero attached hydrogens (tertiary/aromatic N) is 1. The first kappa shape index (κ1) is 12.2. The lowest BCUT2D eigenvalue weighted by Crippen LogP contribution is -2.21. The van der Waals surface area contributed by atoms with Crippen LogP contribution in [0.1, 0.15) is 50.4 Å². The van der Waals surface area contributed by atoms with Crippen molar-refractivity contribution in [2.45, 2.75) is 46.1 Å². The standard InChI is InChI=1S/C13H22N2/c1-4-6-7-12(14-5-2)13-10-11(3)8-9-15-13/h8-10,12,14H,4-7H2,1-3H3. The molecule has 1 rings (SSSR count). The molecule has 2 nitrogen and oxygen atoms in total. The van der Waals surface area contributed by atoms with Gasteiger partial charge in [0.2, 0.25) is 0 Å². The summed E-state index contributed by atoms with van der Waals surface area (Å²) in [5, 5.41) is 3.50. The molecule has 2 heteroatoms. The van der Waals surface area contributed by atoms with Gasteiger partial charge in [-0.05, 0) is 37.6 Å². The second kappa shape index (κ2) is 6.57. The van der Waals surface area contributed by atoms with Gasteiger partial charge in [-0.15, -0.1) is 0 Å². The fraction of sp³-hybridized carbons (Fsp3) is 0.615. The van der Waals surface area contributed by atoms with Gasteiger partial charge in [-0.3, -0.25) is 4.98 Å². The van der Waals surface area contributed by atoms with Crippen LogP contribution in [0.4, 0.5) is 0 Å². The van der Waals surface area contributed by atoms with Crippen LogP contribution in [-0.2, 0) is 0 Å². The highest BCUT2D eigenvalue weighted by Gasteiger charge is 2.10. The Balaban J connectivity index is 2.69. The topological polar surface area (TPSA) is 24.9 Å². The van der Waals surface area contributed by atoms with Crippen molar-refractivity contribution in [2.75, 3.05) is 6.54 Å². The van der Waals surface area contributed by atoms with Crippen molar-refractivity contribution >= 4 is 0 Å². The molecule has 0 saturated heterocycles. The van der Waals surface area contributed by atoms with Crippen LogP contribution in [0.25, 0.3) is 0 Å². The highest BCUT2D eigenvalue weighted by Crippen LogP contribution is 2.17. The van der Waals surface area contributed by atoms with Gasteiger partial charge in [0.05, 0.1) is 5.69 Å². The molecule has 1 atom stereocenters. The number of hydrogen-bond donors (Lipinski definition) is 1. The van der Waals surface area contributed by atoms with E-state index in [1.54, 1.807) is 0 Å². The largest absolute Gasteiger partial charge is 0.309 e. The molecule has 0 aliphatic carbocycles. The number of aromatic nitrogens is 1. The zero-order valence-corrected chi connectivity index (χ0v) is 10.1. The normalized spacial score (nSPS) is 12.7. The lowest BCUT2D eigenvalue weighted by atomic mass is 10.0. The first-order chi connectivity index (χ1) is 7.27. The van der Waals surface area contributed by atoms with Crippen molar-refractivity contribution in [3.05, 3.63) is 29.6 Å². The first-order valence-electron chi connectivity index (χ1n) is 5.93. The minimum absolute atomic E-state index is 0.426. The molecule has 0 saturated carbocycles. The second-order valence-electron chi connectivity index (χ2n) is 4.01. The molecule has 0 spiro atoms. The molecule has 0 amide bonds. The minimum atomic E-state index is 0.426. The number of rotatable bonds is 6. The van der Waals surface area contributed by atoms with Crippen LogP contribution in [-0.4, -0.2) is 11.5 Å². The number of unbranched alkanes of at least 4 members (excludes halogenated alkanes) is 1. The Kier molecular flexibility index (Phi) is 5.33. The third-order valence-electron chi connectivity index (χ3n) is 2.59. The van der Waals surface area contributed by atoms with E-state index in [1.807, 2.05) is 12.3 Å². The molecule has 0 aliphatic heterocycles. The van der Waals surface area contributed by atoms with Gasteiger partial charge in [0.1, 0.15) is 0 Å². The molecule has 0 radical (unpaired) electrons. The van der Waals surface area contributed by atoms with Gasteiger partial charge in [0.15, 0.2) is 0 Å². The summed E-state index contributed by atoms with van der Waals surface area (Å²) in [4.78, 5) is 4.45. The number of pyridine rings is 1. The predicted molar refractivity (Wildman–Crippen MR) is 64.9 cm³/mol. The van der Waals surface area contributed by atoms with E-state index in [9.17, 15) is 0 Å². The van der Waals surface area contributed by atoms with Crippen LogP contribution >= 0.6 is 0 Å². The van der Waals surface area contributed by atoms with Crippen molar-refractivity contribution in [1.82, 2.24) is 10.3 Å². The van der Waals surface area contributed by atoms with E-state index in [0.29, 0.717) is 6.04 Å². The van der Waals surface area contributed by atoms with Gasteiger partial charge in [-0.25, -0.2) is 0 Å². The third-order valence-corrected chi connectivity index (χ3v) is 2.59. The minimum Gasteiger partial charge on any atom is -0.309 e. The van der Waals surface area contributed by atoms with Gasteiger partial charge >= 0.3 is 0 Å². The molecule has 1 heterocycles. The molecule has 1 aromatic rings. The second-order valence-corrected chi connectivity index (χ2v) is 4.01. The fourth-order valence-corrected chi connectivity index (χ4v) is 1.76. The Labute approximate surface area is 93.1 Å². The maximum Gasteiger partial charge on any atom is 0.0575 e. The summed E-state index contributed by atoms with van der Waals surface area (Å²) in [6.45, 7) is 7.50. The molecule has 0 aromatic carbocycles. The van der Waals surface area contributed by atoms with Gasteiger partial charge in [-0.1, -0.05) is 26.7 Å². The molecule has 0 fully saturated rings. The molecule has 1 unspecified atom stereocenters. The molecule has 15 heavy (non-hydrogen) atoms. The van der Waals surface area contributed by atoms with Crippen LogP contribution in [0.15, 0.2) is 18.3 Å². The maximum atomic E-state index is 4.45. The van der Waals surface area contributed by atoms with E-state index in [-0.39, 0.29) is 0 Å². The lowest BCUT2D eigenvalue weighted by molar-refractivity contribution is 0.484. The molecule has 0 bridgehead atoms. The molecule has 0 aliphatic rings. The zero-order chi connectivity index (χ0) is 11.1. The Morgan fingerprint density at radius 3 is 2.80 bits per heavy atom. The summed E-state index contributed by atoms with van der Waals surface area (Å²) in [6, 6.07) is 4.66. The quantitative estimate of drug-likeness (QED) is 0.773. The van der Waals surface area contributed by atoms with Crippen LogP contribution in [0, 0.1) is 6.92 Å². The zero-order valence-electron chi connectivity index (χ0n) is 10.1. The Morgan fingerprint density at radius 2 is 2.20 bits per heavy atom. The third kappa shape index (κ3) is 4.00. The Hall–Kier alpha value is -0.890. The van der Waals surface area contributed by atoms with Crippen molar-refractivity contribution in [3.63, 3.8) is 0 Å². The Morgan fingerprint density at radius 1 is 1.40 bits per heavy atom. The van der Waals surface area contributed by atoms with E-state index in [2.05, 4.69) is 37.1 Å². The Bertz CT molecular complexity index is 284. The SMILES string of the molecule is CCCCC(NCC)c1cc(C)ccn1. The fourth-order valence-electron chi connectivity index (χ4n) is 1.76. The average Bonchev–Trinajstić information content (AvgIpc) is 2.24. The first-order valence-corrected chi connectivity index (χ1v) is 5.93. The highest BCUT2D eigenvalue weighted by molar-refractivity contribution is 5.17. The van der Waals surface area contributed by atoms with Crippen LogP contribution in [0.5, 0.6) is 0 Å². The van der Waals surface area contributed by atoms with Crippen LogP contribution in [0.3, 0.4) is 0 Å². The molecule has 84 valence electrons. The highest BCUT2D eigenvalue weighted by atomic mass is 14.9. The molecule has 1 N–H and O–H groups in total. The molecule has 1 aromatic heterocycles. The summed E-state index contributed by atoms with van der Waals surface area (Å²) in [5.74, 6) is 0. The maximum absolute atomic E-state index is 4.45. The lowest BCUT2D eigenvalue weighted by Gasteiger charge is -2.17. The number of aryl methyl sites for hydroxylation is 1. The van der Waals surface area contributed by atoms with Crippen LogP contribution < -0.4 is 5.32 Å². The van der Waals surface area contributed by atoms with Crippen LogP contribution in [0.2, 0.25) is 0 Å². The van der Waals surface area contributed by atoms with Crippen molar-refractivity contribution < 1.29 is 0 Å². The summed E-state index contributed by atoms with van der Waals surface area (Å²) < 4.78 is 0. The summed E-state index contributed by atoms with van der Waals surface area (Å²) in [7, 11) is 0. The number of hydrogen-bond acceptors (Lipinski definition) is 2. The smallest absolute Gasteiger partial charge is 0.0575 e. The van der Waals surface area contributed by atoms with E-state index in [4.69, 9.17) is 0 Å². The van der Waals surface area contributed by atoms with Crippen molar-refractivity contribution in [1.29, 1.82) is 0 Å². The number of nitrogens with one attached hydrogen (secondary N) is 1. The predicted octanol–water partition coefficient (Wildman–Crippen LogP) is 3.23. The summed E-state index contributed by atoms with van der Waals surface area (Å²) >= 11 is 0. The van der Waals surface area contributed by atoms with E-state index in [1.165, 1.54) is 30.5 Å². The van der Waals surface area contributed by atoms with E-state index >= 15 is 0 Å². The summed E-state index contributed by atoms with van der Waals surface area (Å²) in [5.41, 5.74) is 2.48. The van der Waals surface area contributed by atoms with Gasteiger partial charge in [0.25, 0.3) is 0 Å². The van der Waals surface area contributed by atoms with E-state index < -0.39 is 0 Å². The monoisotopic (exact) mass is 206 g/mol. The van der Waals surface area contributed by atoms with Gasteiger partial charge in [0, 0.05) is 12.2 Å². The van der Waals surface area contributed by atoms with E-state index in [0.717, 1.165) is 6.54 Å². The molecular formula is C13H22N2. The van der Waals surface area contributed by atoms with Gasteiger partial charge < -0.3 is 5.32 Å². The van der Waals surface area contributed by atoms with Gasteiger partial charge in [-0.2, -0.15) is 0 Å². The van der Waals surface area contributed by atoms with Crippen molar-refractivity contribution in [3.8, 4) is 0 Å².